The molecule has 1 unspecified atom stereocenters. The van der Waals surface area contributed by atoms with Crippen molar-refractivity contribution in [2.75, 3.05) is 6.61 Å². The first-order valence-corrected chi connectivity index (χ1v) is 7.50. The highest BCUT2D eigenvalue weighted by Crippen LogP contribution is 2.26. The van der Waals surface area contributed by atoms with Crippen LogP contribution in [-0.2, 0) is 9.53 Å². The smallest absolute Gasteiger partial charge is 0.314 e. The fraction of sp³-hybridized carbons (Fsp3) is 0.529. The maximum atomic E-state index is 12.0. The Hall–Kier alpha value is -1.64. The van der Waals surface area contributed by atoms with Gasteiger partial charge in [-0.25, -0.2) is 0 Å². The summed E-state index contributed by atoms with van der Waals surface area (Å²) in [6.07, 6.45) is 4.00. The van der Waals surface area contributed by atoms with Crippen LogP contribution in [0.25, 0.3) is 0 Å². The van der Waals surface area contributed by atoms with E-state index in [1.807, 2.05) is 25.1 Å². The molecule has 1 aliphatic carbocycles. The normalized spacial score (nSPS) is 22.5. The Morgan fingerprint density at radius 3 is 2.80 bits per heavy atom. The summed E-state index contributed by atoms with van der Waals surface area (Å²) in [6.45, 7) is 4.38. The van der Waals surface area contributed by atoms with Crippen LogP contribution in [-0.4, -0.2) is 18.3 Å². The van der Waals surface area contributed by atoms with Gasteiger partial charge < -0.3 is 4.74 Å². The summed E-state index contributed by atoms with van der Waals surface area (Å²) < 4.78 is 5.18. The van der Waals surface area contributed by atoms with Gasteiger partial charge >= 0.3 is 5.97 Å². The molecule has 0 spiro atoms. The average Bonchev–Trinajstić information content (AvgIpc) is 2.49. The molecule has 1 fully saturated rings. The van der Waals surface area contributed by atoms with E-state index in [2.05, 4.69) is 19.1 Å². The van der Waals surface area contributed by atoms with Crippen molar-refractivity contribution in [3.8, 4) is 0 Å². The molecule has 1 aliphatic rings. The van der Waals surface area contributed by atoms with Crippen molar-refractivity contribution in [3.63, 3.8) is 0 Å². The summed E-state index contributed by atoms with van der Waals surface area (Å²) in [5, 5.41) is 0. The second-order valence-corrected chi connectivity index (χ2v) is 5.26. The zero-order chi connectivity index (χ0) is 14.4. The molecule has 0 aromatic heterocycles. The lowest BCUT2D eigenvalue weighted by molar-refractivity contribution is -0.146. The lowest BCUT2D eigenvalue weighted by Gasteiger charge is -2.24. The van der Waals surface area contributed by atoms with Crippen LogP contribution in [0.5, 0.6) is 0 Å². The van der Waals surface area contributed by atoms with Crippen molar-refractivity contribution >= 4 is 11.7 Å². The molecular formula is C17H23NO2. The minimum Gasteiger partial charge on any atom is -0.465 e. The third kappa shape index (κ3) is 3.69. The molecule has 0 N–H and O–H groups in total. The zero-order valence-corrected chi connectivity index (χ0v) is 12.3. The van der Waals surface area contributed by atoms with E-state index in [4.69, 9.17) is 9.73 Å². The Kier molecular flexibility index (Phi) is 5.33. The molecule has 3 heteroatoms. The van der Waals surface area contributed by atoms with Crippen molar-refractivity contribution in [1.82, 2.24) is 0 Å². The Labute approximate surface area is 121 Å². The maximum Gasteiger partial charge on any atom is 0.314 e. The Morgan fingerprint density at radius 2 is 2.10 bits per heavy atom. The fourth-order valence-corrected chi connectivity index (χ4v) is 2.70. The Morgan fingerprint density at radius 1 is 1.35 bits per heavy atom. The van der Waals surface area contributed by atoms with E-state index in [0.29, 0.717) is 6.61 Å². The molecule has 1 aromatic rings. The minimum absolute atomic E-state index is 0.0984. The number of aliphatic imine (C=N–C) groups is 1. The van der Waals surface area contributed by atoms with E-state index in [1.165, 1.54) is 5.56 Å². The van der Waals surface area contributed by atoms with Crippen molar-refractivity contribution in [1.29, 1.82) is 0 Å². The van der Waals surface area contributed by atoms with E-state index in [1.54, 1.807) is 0 Å². The molecule has 1 aromatic carbocycles. The molecule has 0 radical (unpaired) electrons. The van der Waals surface area contributed by atoms with Gasteiger partial charge in [0.25, 0.3) is 0 Å². The number of benzene rings is 1. The van der Waals surface area contributed by atoms with Crippen LogP contribution < -0.4 is 0 Å². The van der Waals surface area contributed by atoms with E-state index in [9.17, 15) is 4.79 Å². The molecule has 3 nitrogen and oxygen atoms in total. The van der Waals surface area contributed by atoms with Gasteiger partial charge in [-0.2, -0.15) is 0 Å². The third-order valence-electron chi connectivity index (χ3n) is 3.79. The molecule has 0 amide bonds. The summed E-state index contributed by atoms with van der Waals surface area (Å²) >= 11 is 0. The number of carbonyl (C=O) groups is 1. The van der Waals surface area contributed by atoms with Crippen LogP contribution in [0, 0.1) is 5.92 Å². The molecule has 0 bridgehead atoms. The van der Waals surface area contributed by atoms with Gasteiger partial charge in [0, 0.05) is 5.71 Å². The topological polar surface area (TPSA) is 38.7 Å². The van der Waals surface area contributed by atoms with Crippen molar-refractivity contribution in [3.05, 3.63) is 35.9 Å². The second kappa shape index (κ2) is 7.22. The quantitative estimate of drug-likeness (QED) is 0.779. The molecule has 1 saturated carbocycles. The molecule has 108 valence electrons. The van der Waals surface area contributed by atoms with Gasteiger partial charge in [0.15, 0.2) is 0 Å². The van der Waals surface area contributed by atoms with Crippen LogP contribution >= 0.6 is 0 Å². The minimum atomic E-state index is -0.130. The highest BCUT2D eigenvalue weighted by molar-refractivity contribution is 6.02. The van der Waals surface area contributed by atoms with E-state index >= 15 is 0 Å². The monoisotopic (exact) mass is 273 g/mol. The summed E-state index contributed by atoms with van der Waals surface area (Å²) in [5.74, 6) is -0.235. The lowest BCUT2D eigenvalue weighted by Crippen LogP contribution is -2.29. The summed E-state index contributed by atoms with van der Waals surface area (Å²) in [6, 6.07) is 10.3. The van der Waals surface area contributed by atoms with Gasteiger partial charge in [0.2, 0.25) is 0 Å². The first-order valence-electron chi connectivity index (χ1n) is 7.50. The van der Waals surface area contributed by atoms with Crippen LogP contribution in [0.2, 0.25) is 0 Å². The number of esters is 1. The summed E-state index contributed by atoms with van der Waals surface area (Å²) in [4.78, 5) is 16.8. The summed E-state index contributed by atoms with van der Waals surface area (Å²) in [7, 11) is 0. The SMILES string of the molecule is CCOC(=O)C1CCCCC1=N[C@H](C)c1ccccc1. The number of carbonyl (C=O) groups excluding carboxylic acids is 1. The van der Waals surface area contributed by atoms with Crippen LogP contribution in [0.15, 0.2) is 35.3 Å². The van der Waals surface area contributed by atoms with E-state index in [-0.39, 0.29) is 17.9 Å². The molecule has 0 aliphatic heterocycles. The first-order chi connectivity index (χ1) is 9.72. The van der Waals surface area contributed by atoms with Gasteiger partial charge in [0.05, 0.1) is 18.6 Å². The standard InChI is InChI=1S/C17H23NO2/c1-3-20-17(19)15-11-7-8-12-16(15)18-13(2)14-9-5-4-6-10-14/h4-6,9-10,13,15H,3,7-8,11-12H2,1-2H3/t13-,15?/m1/s1. The Bertz CT molecular complexity index is 467. The zero-order valence-electron chi connectivity index (χ0n) is 12.3. The van der Waals surface area contributed by atoms with Crippen LogP contribution in [0.4, 0.5) is 0 Å². The molecule has 2 rings (SSSR count). The van der Waals surface area contributed by atoms with Gasteiger partial charge in [-0.05, 0) is 38.7 Å². The van der Waals surface area contributed by atoms with Gasteiger partial charge in [-0.3, -0.25) is 9.79 Å². The second-order valence-electron chi connectivity index (χ2n) is 5.26. The fourth-order valence-electron chi connectivity index (χ4n) is 2.70. The largest absolute Gasteiger partial charge is 0.465 e. The van der Waals surface area contributed by atoms with Crippen molar-refractivity contribution in [2.24, 2.45) is 10.9 Å². The molecule has 20 heavy (non-hydrogen) atoms. The molecular weight excluding hydrogens is 250 g/mol. The molecule has 2 atom stereocenters. The van der Waals surface area contributed by atoms with Crippen LogP contribution in [0.3, 0.4) is 0 Å². The van der Waals surface area contributed by atoms with E-state index < -0.39 is 0 Å². The highest BCUT2D eigenvalue weighted by Gasteiger charge is 2.28. The Balaban J connectivity index is 2.14. The van der Waals surface area contributed by atoms with Crippen molar-refractivity contribution < 1.29 is 9.53 Å². The lowest BCUT2D eigenvalue weighted by atomic mass is 9.87. The number of rotatable bonds is 4. The third-order valence-corrected chi connectivity index (χ3v) is 3.79. The van der Waals surface area contributed by atoms with Crippen molar-refractivity contribution in [2.45, 2.75) is 45.6 Å². The number of nitrogens with zero attached hydrogens (tertiary/aromatic N) is 1. The maximum absolute atomic E-state index is 12.0. The number of hydrogen-bond donors (Lipinski definition) is 0. The van der Waals surface area contributed by atoms with Gasteiger partial charge in [-0.1, -0.05) is 36.8 Å². The predicted molar refractivity (Wildman–Crippen MR) is 80.9 cm³/mol. The highest BCUT2D eigenvalue weighted by atomic mass is 16.5. The van der Waals surface area contributed by atoms with Crippen LogP contribution in [0.1, 0.15) is 51.1 Å². The number of hydrogen-bond acceptors (Lipinski definition) is 3. The molecule has 0 heterocycles. The van der Waals surface area contributed by atoms with E-state index in [0.717, 1.165) is 31.4 Å². The predicted octanol–water partition coefficient (Wildman–Crippen LogP) is 3.94. The van der Waals surface area contributed by atoms with Gasteiger partial charge in [-0.15, -0.1) is 0 Å². The average molecular weight is 273 g/mol. The first kappa shape index (κ1) is 14.8. The number of ether oxygens (including phenoxy) is 1. The summed E-state index contributed by atoms with van der Waals surface area (Å²) in [5.41, 5.74) is 2.21. The van der Waals surface area contributed by atoms with Gasteiger partial charge in [0.1, 0.15) is 0 Å². The molecule has 0 saturated heterocycles.